The molecule has 0 bridgehead atoms. The van der Waals surface area contributed by atoms with Gasteiger partial charge in [0.15, 0.2) is 0 Å². The maximum Gasteiger partial charge on any atom is 0.0682 e. The molecule has 420 valence electrons. The maximum atomic E-state index is 11.1. The van der Waals surface area contributed by atoms with E-state index in [-0.39, 0.29) is 17.8 Å². The summed E-state index contributed by atoms with van der Waals surface area (Å²) >= 11 is 0. The van der Waals surface area contributed by atoms with Crippen LogP contribution >= 0.6 is 0 Å². The first-order valence-electron chi connectivity index (χ1n) is 32.1. The zero-order valence-electron chi connectivity index (χ0n) is 48.5. The Morgan fingerprint density at radius 3 is 1.52 bits per heavy atom. The van der Waals surface area contributed by atoms with Gasteiger partial charge in [0.1, 0.15) is 0 Å². The third-order valence-corrected chi connectivity index (χ3v) is 26.2. The van der Waals surface area contributed by atoms with Gasteiger partial charge >= 0.3 is 0 Å². The minimum atomic E-state index is -0.454. The quantitative estimate of drug-likeness (QED) is 0.144. The summed E-state index contributed by atoms with van der Waals surface area (Å²) < 4.78 is 16.0. The highest BCUT2D eigenvalue weighted by atomic mass is 16.5. The van der Waals surface area contributed by atoms with Crippen molar-refractivity contribution in [2.75, 3.05) is 39.6 Å². The Labute approximate surface area is 447 Å². The standard InChI is InChI=1S/C31H54O3.C31H52O3.C4H8O/c2*1-5-31(33)17-16-29(3)23(20-31)7-8-24-26-10-9-25(30(26,4)15-12-27(24)29)21(2)6-11-28(32)22-13-18-34-19-14-22;1-2-4-5-3-1/h21-28,32-33H,5-20H2,1-4H3;7,21-22,24-28,32-33H,5-6,8-20H2,1-4H3;1-4H2/t21-,23-,24+,25-,26+,27+,28?,29+,30-,31+;21-,24+,25-,26+,27+,28?,29+,30-,31+;/m11./s1. The van der Waals surface area contributed by atoms with Crippen LogP contribution in [0.3, 0.4) is 0 Å². The van der Waals surface area contributed by atoms with Crippen LogP contribution in [0.4, 0.5) is 0 Å². The predicted octanol–water partition coefficient (Wildman–Crippen LogP) is 14.7. The minimum absolute atomic E-state index is 0.129. The Morgan fingerprint density at radius 1 is 0.507 bits per heavy atom. The van der Waals surface area contributed by atoms with E-state index in [4.69, 9.17) is 14.2 Å². The molecule has 7 heteroatoms. The third-order valence-electron chi connectivity index (χ3n) is 26.2. The number of rotatable bonds is 12. The van der Waals surface area contributed by atoms with E-state index in [0.717, 1.165) is 176 Å². The van der Waals surface area contributed by atoms with Gasteiger partial charge in [-0.1, -0.05) is 67.0 Å². The molecule has 7 saturated carbocycles. The fraction of sp³-hybridized carbons (Fsp3) is 0.970. The summed E-state index contributed by atoms with van der Waals surface area (Å²) in [6.45, 7) is 25.2. The van der Waals surface area contributed by atoms with E-state index in [1.807, 2.05) is 0 Å². The molecule has 0 aromatic carbocycles. The Hall–Kier alpha value is -0.540. The monoisotopic (exact) mass is 1020 g/mol. The van der Waals surface area contributed by atoms with Crippen molar-refractivity contribution >= 4 is 0 Å². The van der Waals surface area contributed by atoms with Crippen molar-refractivity contribution < 1.29 is 34.6 Å². The van der Waals surface area contributed by atoms with Gasteiger partial charge in [0.25, 0.3) is 0 Å². The minimum Gasteiger partial charge on any atom is -0.393 e. The molecule has 0 aromatic rings. The van der Waals surface area contributed by atoms with E-state index < -0.39 is 5.60 Å². The van der Waals surface area contributed by atoms with Crippen molar-refractivity contribution in [2.24, 2.45) is 98.6 Å². The third kappa shape index (κ3) is 11.6. The lowest BCUT2D eigenvalue weighted by Crippen LogP contribution is -2.56. The summed E-state index contributed by atoms with van der Waals surface area (Å²) in [5.74, 6) is 9.95. The summed E-state index contributed by atoms with van der Waals surface area (Å²) in [4.78, 5) is 0. The SMILES string of the molecule is C1CCOC1.CC[C@]1(O)CC[C@@]2(C)C(=CC[C@H]3[C@@H]4CC[C@H]([C@H](C)CCC(O)C5CCOCC5)[C@@]4(C)CC[C@@H]32)C1.CC[C@]1(O)CC[C@@]2(C)[C@H](CC[C@@H]3[C@@H]2CC[C@]2(C)[C@@H]([C@H](C)CCC(O)C4CCOCC4)CC[C@@H]32)C1. The van der Waals surface area contributed by atoms with Crippen LogP contribution in [-0.4, -0.2) is 83.5 Å². The molecule has 0 spiro atoms. The van der Waals surface area contributed by atoms with Gasteiger partial charge in [-0.25, -0.2) is 0 Å². The van der Waals surface area contributed by atoms with Crippen molar-refractivity contribution in [3.05, 3.63) is 11.6 Å². The van der Waals surface area contributed by atoms with Crippen LogP contribution in [0.25, 0.3) is 0 Å². The summed E-state index contributed by atoms with van der Waals surface area (Å²) in [5, 5.41) is 43.8. The van der Waals surface area contributed by atoms with Crippen LogP contribution in [0.5, 0.6) is 0 Å². The first-order valence-corrected chi connectivity index (χ1v) is 32.1. The molecule has 3 heterocycles. The molecule has 11 aliphatic rings. The van der Waals surface area contributed by atoms with Crippen molar-refractivity contribution in [2.45, 2.75) is 265 Å². The van der Waals surface area contributed by atoms with Crippen LogP contribution < -0.4 is 0 Å². The molecule has 11 rings (SSSR count). The predicted molar refractivity (Wildman–Crippen MR) is 297 cm³/mol. The Morgan fingerprint density at radius 2 is 1.00 bits per heavy atom. The van der Waals surface area contributed by atoms with E-state index in [2.05, 4.69) is 61.5 Å². The molecular weight excluding hydrogens is 905 g/mol. The molecule has 73 heavy (non-hydrogen) atoms. The zero-order valence-corrected chi connectivity index (χ0v) is 48.5. The van der Waals surface area contributed by atoms with Gasteiger partial charge in [-0.05, 0) is 285 Å². The molecule has 7 nitrogen and oxygen atoms in total. The molecule has 2 unspecified atom stereocenters. The van der Waals surface area contributed by atoms with Crippen LogP contribution in [0.2, 0.25) is 0 Å². The smallest absolute Gasteiger partial charge is 0.0682 e. The normalized spacial score (nSPS) is 46.2. The first kappa shape index (κ1) is 57.2. The molecule has 19 atom stereocenters. The van der Waals surface area contributed by atoms with Crippen molar-refractivity contribution in [1.82, 2.24) is 0 Å². The number of allylic oxidation sites excluding steroid dienone is 1. The van der Waals surface area contributed by atoms with E-state index in [0.29, 0.717) is 39.4 Å². The van der Waals surface area contributed by atoms with Crippen molar-refractivity contribution in [3.8, 4) is 0 Å². The van der Waals surface area contributed by atoms with Crippen LogP contribution in [0.15, 0.2) is 11.6 Å². The fourth-order valence-corrected chi connectivity index (χ4v) is 21.1. The summed E-state index contributed by atoms with van der Waals surface area (Å²) in [6, 6.07) is 0. The molecule has 0 amide bonds. The van der Waals surface area contributed by atoms with Gasteiger partial charge in [0.2, 0.25) is 0 Å². The molecule has 0 radical (unpaired) electrons. The van der Waals surface area contributed by atoms with Gasteiger partial charge in [0.05, 0.1) is 23.4 Å². The van der Waals surface area contributed by atoms with E-state index in [9.17, 15) is 20.4 Å². The molecular formula is C66H114O7. The lowest BCUT2D eigenvalue weighted by molar-refractivity contribution is -0.152. The number of aliphatic hydroxyl groups is 4. The first-order chi connectivity index (χ1) is 34.9. The molecule has 8 aliphatic carbocycles. The maximum absolute atomic E-state index is 11.1. The summed E-state index contributed by atoms with van der Waals surface area (Å²) in [6.07, 6.45) is 36.8. The van der Waals surface area contributed by atoms with Crippen molar-refractivity contribution in [1.29, 1.82) is 0 Å². The average Bonchev–Trinajstić information content (AvgIpc) is 4.19. The van der Waals surface area contributed by atoms with Crippen LogP contribution in [0, 0.1) is 98.6 Å². The highest BCUT2D eigenvalue weighted by Crippen LogP contribution is 2.70. The highest BCUT2D eigenvalue weighted by Gasteiger charge is 2.63. The van der Waals surface area contributed by atoms with Gasteiger partial charge in [0, 0.05) is 39.6 Å². The van der Waals surface area contributed by atoms with Crippen molar-refractivity contribution in [3.63, 3.8) is 0 Å². The second-order valence-electron chi connectivity index (χ2n) is 29.4. The summed E-state index contributed by atoms with van der Waals surface area (Å²) in [5.41, 5.74) is 2.52. The lowest BCUT2D eigenvalue weighted by atomic mass is 9.43. The van der Waals surface area contributed by atoms with E-state index in [1.54, 1.807) is 5.57 Å². The second kappa shape index (κ2) is 23.7. The van der Waals surface area contributed by atoms with Gasteiger partial charge < -0.3 is 34.6 Å². The van der Waals surface area contributed by atoms with Crippen LogP contribution in [0.1, 0.15) is 242 Å². The number of aliphatic hydroxyl groups excluding tert-OH is 2. The number of hydrogen-bond donors (Lipinski definition) is 4. The number of fused-ring (bicyclic) bond motifs is 10. The largest absolute Gasteiger partial charge is 0.393 e. The Bertz CT molecular complexity index is 1780. The Kier molecular flexibility index (Phi) is 18.5. The van der Waals surface area contributed by atoms with Gasteiger partial charge in [-0.3, -0.25) is 0 Å². The molecule has 3 aliphatic heterocycles. The number of hydrogen-bond acceptors (Lipinski definition) is 7. The average molecular weight is 1020 g/mol. The topological polar surface area (TPSA) is 109 Å². The van der Waals surface area contributed by atoms with Crippen LogP contribution in [-0.2, 0) is 14.2 Å². The van der Waals surface area contributed by atoms with E-state index in [1.165, 1.54) is 109 Å². The molecule has 4 N–H and O–H groups in total. The molecule has 3 saturated heterocycles. The fourth-order valence-electron chi connectivity index (χ4n) is 21.1. The molecule has 10 fully saturated rings. The highest BCUT2D eigenvalue weighted by molar-refractivity contribution is 5.27. The van der Waals surface area contributed by atoms with E-state index >= 15 is 0 Å². The second-order valence-corrected chi connectivity index (χ2v) is 29.4. The van der Waals surface area contributed by atoms with Gasteiger partial charge in [-0.15, -0.1) is 0 Å². The zero-order chi connectivity index (χ0) is 51.8. The lowest BCUT2D eigenvalue weighted by Gasteiger charge is -2.62. The van der Waals surface area contributed by atoms with Gasteiger partial charge in [-0.2, -0.15) is 0 Å². The Balaban J connectivity index is 0.000000164. The number of ether oxygens (including phenoxy) is 3. The summed E-state index contributed by atoms with van der Waals surface area (Å²) in [7, 11) is 0. The molecule has 0 aromatic heterocycles.